The van der Waals surface area contributed by atoms with Crippen LogP contribution in [0.3, 0.4) is 0 Å². The average molecular weight is 342 g/mol. The van der Waals surface area contributed by atoms with Crippen LogP contribution in [0, 0.1) is 5.41 Å². The van der Waals surface area contributed by atoms with Crippen LogP contribution in [-0.2, 0) is 15.8 Å². The molecule has 1 rings (SSSR count). The number of ether oxygens (including phenoxy) is 1. The fraction of sp³-hybridized carbons (Fsp3) is 0.647. The predicted octanol–water partition coefficient (Wildman–Crippen LogP) is 4.66. The monoisotopic (exact) mass is 341 g/mol. The zero-order valence-electron chi connectivity index (χ0n) is 14.8. The van der Waals surface area contributed by atoms with Crippen LogP contribution in [0.1, 0.15) is 39.2 Å². The van der Waals surface area contributed by atoms with E-state index in [2.05, 4.69) is 33.9 Å². The molecule has 0 radical (unpaired) electrons. The van der Waals surface area contributed by atoms with Crippen LogP contribution in [0.25, 0.3) is 0 Å². The first-order valence-corrected chi connectivity index (χ1v) is 11.9. The van der Waals surface area contributed by atoms with Crippen LogP contribution in [0.5, 0.6) is 0 Å². The largest absolute Gasteiger partial charge is 0.398 e. The molecular weight excluding hydrogens is 310 g/mol. The van der Waals surface area contributed by atoms with Crippen LogP contribution in [0.2, 0.25) is 13.1 Å². The molecule has 0 saturated carbocycles. The molecule has 1 atom stereocenters. The fourth-order valence-corrected chi connectivity index (χ4v) is 3.51. The van der Waals surface area contributed by atoms with Gasteiger partial charge in [-0.25, -0.2) is 0 Å². The lowest BCUT2D eigenvalue weighted by Crippen LogP contribution is -2.25. The van der Waals surface area contributed by atoms with E-state index in [9.17, 15) is 0 Å². The van der Waals surface area contributed by atoms with Gasteiger partial charge in [0, 0.05) is 10.5 Å². The minimum absolute atomic E-state index is 0.122. The number of nitrogens with two attached hydrogens (primary N) is 1. The second kappa shape index (κ2) is 8.96. The van der Waals surface area contributed by atoms with Gasteiger partial charge in [0.05, 0.1) is 12.3 Å². The Kier molecular flexibility index (Phi) is 7.97. The first kappa shape index (κ1) is 19.6. The summed E-state index contributed by atoms with van der Waals surface area (Å²) in [5, 5.41) is 0. The maximum absolute atomic E-state index is 6.19. The summed E-state index contributed by atoms with van der Waals surface area (Å²) in [5.74, 6) is 0. The van der Waals surface area contributed by atoms with Gasteiger partial charge in [-0.05, 0) is 43.7 Å². The van der Waals surface area contributed by atoms with E-state index >= 15 is 0 Å². The number of hydrogen-bond donors (Lipinski definition) is 1. The van der Waals surface area contributed by atoms with E-state index in [-0.39, 0.29) is 6.29 Å². The van der Waals surface area contributed by atoms with Crippen LogP contribution >= 0.6 is 11.8 Å². The lowest BCUT2D eigenvalue weighted by Gasteiger charge is -2.25. The molecule has 1 aromatic rings. The third-order valence-electron chi connectivity index (χ3n) is 3.36. The number of para-hydroxylation sites is 1. The predicted molar refractivity (Wildman–Crippen MR) is 99.9 cm³/mol. The third kappa shape index (κ3) is 7.18. The standard InChI is InChI=1S/C17H31NO2SSi/c1-17(2,3)11-10-15(20-22(5)6)19-12-13-8-7-9-14(21-4)16(13)18/h7-9,15,22H,10-12,18H2,1-6H3. The van der Waals surface area contributed by atoms with Crippen molar-refractivity contribution in [1.29, 1.82) is 0 Å². The summed E-state index contributed by atoms with van der Waals surface area (Å²) in [6, 6.07) is 6.10. The number of anilines is 1. The van der Waals surface area contributed by atoms with Gasteiger partial charge in [0.15, 0.2) is 9.04 Å². The zero-order valence-corrected chi connectivity index (χ0v) is 16.8. The van der Waals surface area contributed by atoms with Gasteiger partial charge in [-0.2, -0.15) is 0 Å². The summed E-state index contributed by atoms with van der Waals surface area (Å²) < 4.78 is 12.1. The molecule has 0 saturated heterocycles. The molecule has 0 spiro atoms. The van der Waals surface area contributed by atoms with Gasteiger partial charge in [0.2, 0.25) is 0 Å². The highest BCUT2D eigenvalue weighted by Gasteiger charge is 2.18. The van der Waals surface area contributed by atoms with Gasteiger partial charge >= 0.3 is 0 Å². The number of nitrogen functional groups attached to an aromatic ring is 1. The summed E-state index contributed by atoms with van der Waals surface area (Å²) >= 11 is 1.66. The molecule has 0 fully saturated rings. The first-order chi connectivity index (χ1) is 10.2. The van der Waals surface area contributed by atoms with Crippen molar-refractivity contribution in [3.63, 3.8) is 0 Å². The van der Waals surface area contributed by atoms with Crippen LogP contribution in [0.15, 0.2) is 23.1 Å². The quantitative estimate of drug-likeness (QED) is 0.323. The summed E-state index contributed by atoms with van der Waals surface area (Å²) in [4.78, 5) is 1.10. The van der Waals surface area contributed by atoms with E-state index < -0.39 is 9.04 Å². The van der Waals surface area contributed by atoms with Gasteiger partial charge in [0.25, 0.3) is 0 Å². The summed E-state index contributed by atoms with van der Waals surface area (Å²) in [6.45, 7) is 11.6. The molecule has 3 nitrogen and oxygen atoms in total. The van der Waals surface area contributed by atoms with Crippen molar-refractivity contribution >= 4 is 26.5 Å². The van der Waals surface area contributed by atoms with E-state index in [1.165, 1.54) is 0 Å². The Hall–Kier alpha value is -0.493. The highest BCUT2D eigenvalue weighted by atomic mass is 32.2. The van der Waals surface area contributed by atoms with E-state index in [4.69, 9.17) is 14.9 Å². The Labute approximate surface area is 141 Å². The SMILES string of the molecule is CSc1cccc(COC(CCC(C)(C)C)O[SiH](C)C)c1N. The number of thioether (sulfide) groups is 1. The number of rotatable bonds is 8. The molecule has 1 aromatic carbocycles. The smallest absolute Gasteiger partial charge is 0.174 e. The molecule has 2 N–H and O–H groups in total. The normalized spacial score (nSPS) is 13.6. The van der Waals surface area contributed by atoms with E-state index in [1.54, 1.807) is 11.8 Å². The number of hydrogen-bond acceptors (Lipinski definition) is 4. The second-order valence-electron chi connectivity index (χ2n) is 7.06. The van der Waals surface area contributed by atoms with Gasteiger partial charge in [-0.15, -0.1) is 11.8 Å². The Morgan fingerprint density at radius 3 is 2.50 bits per heavy atom. The highest BCUT2D eigenvalue weighted by Crippen LogP contribution is 2.28. The lowest BCUT2D eigenvalue weighted by atomic mass is 9.90. The van der Waals surface area contributed by atoms with E-state index in [0.29, 0.717) is 12.0 Å². The Morgan fingerprint density at radius 1 is 1.27 bits per heavy atom. The van der Waals surface area contributed by atoms with Gasteiger partial charge in [-0.3, -0.25) is 0 Å². The molecule has 0 amide bonds. The van der Waals surface area contributed by atoms with E-state index in [1.807, 2.05) is 24.5 Å². The van der Waals surface area contributed by atoms with Gasteiger partial charge in [-0.1, -0.05) is 32.9 Å². The van der Waals surface area contributed by atoms with Crippen molar-refractivity contribution in [3.8, 4) is 0 Å². The fourth-order valence-electron chi connectivity index (χ4n) is 2.12. The van der Waals surface area contributed by atoms with Gasteiger partial charge < -0.3 is 14.9 Å². The van der Waals surface area contributed by atoms with Crippen molar-refractivity contribution in [2.45, 2.75) is 64.5 Å². The van der Waals surface area contributed by atoms with Crippen molar-refractivity contribution in [2.75, 3.05) is 12.0 Å². The molecule has 22 heavy (non-hydrogen) atoms. The second-order valence-corrected chi connectivity index (χ2v) is 10.3. The zero-order chi connectivity index (χ0) is 16.8. The maximum atomic E-state index is 6.19. The maximum Gasteiger partial charge on any atom is 0.174 e. The lowest BCUT2D eigenvalue weighted by molar-refractivity contribution is -0.0995. The molecule has 0 aromatic heterocycles. The average Bonchev–Trinajstić information content (AvgIpc) is 2.41. The van der Waals surface area contributed by atoms with Crippen LogP contribution < -0.4 is 5.73 Å². The molecular formula is C17H31NO2SSi. The molecule has 0 heterocycles. The third-order valence-corrected chi connectivity index (χ3v) is 5.00. The molecule has 0 aliphatic heterocycles. The van der Waals surface area contributed by atoms with Crippen molar-refractivity contribution in [1.82, 2.24) is 0 Å². The van der Waals surface area contributed by atoms with Crippen molar-refractivity contribution in [2.24, 2.45) is 5.41 Å². The molecule has 5 heteroatoms. The van der Waals surface area contributed by atoms with Crippen molar-refractivity contribution in [3.05, 3.63) is 23.8 Å². The summed E-state index contributed by atoms with van der Waals surface area (Å²) in [7, 11) is -1.13. The molecule has 0 aliphatic rings. The molecule has 1 unspecified atom stereocenters. The first-order valence-electron chi connectivity index (χ1n) is 7.91. The summed E-state index contributed by atoms with van der Waals surface area (Å²) in [6.07, 6.45) is 3.93. The Balaban J connectivity index is 2.66. The minimum Gasteiger partial charge on any atom is -0.398 e. The van der Waals surface area contributed by atoms with Crippen LogP contribution in [-0.4, -0.2) is 21.6 Å². The minimum atomic E-state index is -1.13. The molecule has 126 valence electrons. The summed E-state index contributed by atoms with van der Waals surface area (Å²) in [5.41, 5.74) is 8.35. The topological polar surface area (TPSA) is 44.5 Å². The van der Waals surface area contributed by atoms with E-state index in [0.717, 1.165) is 29.0 Å². The van der Waals surface area contributed by atoms with Gasteiger partial charge in [0.1, 0.15) is 6.29 Å². The Morgan fingerprint density at radius 2 is 1.95 bits per heavy atom. The molecule has 0 aliphatic carbocycles. The van der Waals surface area contributed by atoms with Crippen molar-refractivity contribution < 1.29 is 9.16 Å². The number of benzene rings is 1. The molecule has 0 bridgehead atoms. The Bertz CT molecular complexity index is 460. The van der Waals surface area contributed by atoms with Crippen LogP contribution in [0.4, 0.5) is 5.69 Å². The highest BCUT2D eigenvalue weighted by molar-refractivity contribution is 7.98.